The summed E-state index contributed by atoms with van der Waals surface area (Å²) in [5.74, 6) is -0.295. The maximum absolute atomic E-state index is 10.8. The molecule has 0 spiro atoms. The Kier molecular flexibility index (Phi) is 6.44. The number of β-amino-alcohol motifs (C(OH)–C–C–N with tert-alkyl or cyclic N) is 1. The van der Waals surface area contributed by atoms with Crippen molar-refractivity contribution >= 4 is 22.8 Å². The van der Waals surface area contributed by atoms with E-state index in [9.17, 15) is 9.59 Å². The first kappa shape index (κ1) is 13.4. The molecule has 6 heteroatoms. The molecule has 0 bridgehead atoms. The van der Waals surface area contributed by atoms with Gasteiger partial charge >= 0.3 is 5.97 Å². The summed E-state index contributed by atoms with van der Waals surface area (Å²) < 4.78 is 4.47. The number of hydrogen-bond donors (Lipinski definition) is 2. The summed E-state index contributed by atoms with van der Waals surface area (Å²) in [6.45, 7) is 1.78. The van der Waals surface area contributed by atoms with Crippen LogP contribution in [0, 0.1) is 0 Å². The van der Waals surface area contributed by atoms with E-state index in [0.29, 0.717) is 13.0 Å². The van der Waals surface area contributed by atoms with Gasteiger partial charge in [0.05, 0.1) is 13.2 Å². The molecule has 0 aromatic rings. The van der Waals surface area contributed by atoms with Gasteiger partial charge in [-0.05, 0) is 11.6 Å². The number of aliphatic hydroxyl groups is 1. The van der Waals surface area contributed by atoms with Gasteiger partial charge in [-0.1, -0.05) is 0 Å². The lowest BCUT2D eigenvalue weighted by Gasteiger charge is -2.05. The fourth-order valence-electron chi connectivity index (χ4n) is 1.04. The van der Waals surface area contributed by atoms with Crippen molar-refractivity contribution in [3.8, 4) is 0 Å². The molecule has 2 atom stereocenters. The van der Waals surface area contributed by atoms with Crippen LogP contribution >= 0.6 is 11.6 Å². The van der Waals surface area contributed by atoms with Gasteiger partial charge in [0.2, 0.25) is 5.24 Å². The van der Waals surface area contributed by atoms with E-state index in [1.165, 1.54) is 14.0 Å². The number of ether oxygens (including phenoxy) is 1. The minimum Gasteiger partial charge on any atom is -0.468 e. The minimum absolute atomic E-state index is 0.295. The highest BCUT2D eigenvalue weighted by molar-refractivity contribution is 6.62. The number of rotatable bonds is 1. The fraction of sp³-hybridized carbons (Fsp3) is 0.750. The van der Waals surface area contributed by atoms with Crippen LogP contribution in [0.2, 0.25) is 0 Å². The zero-order valence-corrected chi connectivity index (χ0v) is 8.87. The molecule has 0 aliphatic carbocycles. The van der Waals surface area contributed by atoms with E-state index >= 15 is 0 Å². The Hall–Kier alpha value is -0.650. The normalized spacial score (nSPS) is 24.9. The van der Waals surface area contributed by atoms with Crippen LogP contribution in [0.4, 0.5) is 0 Å². The maximum atomic E-state index is 10.8. The van der Waals surface area contributed by atoms with Gasteiger partial charge < -0.3 is 15.2 Å². The van der Waals surface area contributed by atoms with Crippen molar-refractivity contribution in [1.29, 1.82) is 0 Å². The first-order valence-electron chi connectivity index (χ1n) is 4.12. The van der Waals surface area contributed by atoms with Crippen molar-refractivity contribution in [3.63, 3.8) is 0 Å². The predicted octanol–water partition coefficient (Wildman–Crippen LogP) is -0.346. The maximum Gasteiger partial charge on any atom is 0.322 e. The number of methoxy groups -OCH3 is 1. The Morgan fingerprint density at radius 3 is 2.36 bits per heavy atom. The molecule has 1 aliphatic heterocycles. The Balaban J connectivity index is 0.000000364. The quantitative estimate of drug-likeness (QED) is 0.470. The summed E-state index contributed by atoms with van der Waals surface area (Å²) >= 11 is 4.64. The minimum atomic E-state index is -0.399. The van der Waals surface area contributed by atoms with E-state index < -0.39 is 6.10 Å². The number of esters is 1. The third-order valence-electron chi connectivity index (χ3n) is 1.59. The molecular weight excluding hydrogens is 210 g/mol. The van der Waals surface area contributed by atoms with Crippen LogP contribution in [0.1, 0.15) is 13.3 Å². The molecule has 0 amide bonds. The Morgan fingerprint density at radius 2 is 2.07 bits per heavy atom. The first-order valence-corrected chi connectivity index (χ1v) is 4.50. The van der Waals surface area contributed by atoms with E-state index in [-0.39, 0.29) is 17.3 Å². The van der Waals surface area contributed by atoms with Gasteiger partial charge in [-0.15, -0.1) is 0 Å². The van der Waals surface area contributed by atoms with Crippen molar-refractivity contribution in [1.82, 2.24) is 5.32 Å². The fourth-order valence-corrected chi connectivity index (χ4v) is 1.04. The Morgan fingerprint density at radius 1 is 1.57 bits per heavy atom. The smallest absolute Gasteiger partial charge is 0.322 e. The number of aliphatic hydroxyl groups excluding tert-OH is 1. The molecule has 1 saturated heterocycles. The molecule has 0 radical (unpaired) electrons. The zero-order chi connectivity index (χ0) is 11.1. The van der Waals surface area contributed by atoms with E-state index in [1.54, 1.807) is 0 Å². The van der Waals surface area contributed by atoms with Gasteiger partial charge in [0.25, 0.3) is 0 Å². The highest BCUT2D eigenvalue weighted by Gasteiger charge is 2.28. The van der Waals surface area contributed by atoms with Gasteiger partial charge in [0, 0.05) is 19.9 Å². The second-order valence-corrected chi connectivity index (χ2v) is 3.38. The monoisotopic (exact) mass is 223 g/mol. The topological polar surface area (TPSA) is 75.6 Å². The summed E-state index contributed by atoms with van der Waals surface area (Å²) in [4.78, 5) is 20.0. The van der Waals surface area contributed by atoms with E-state index in [4.69, 9.17) is 5.11 Å². The highest BCUT2D eigenvalue weighted by atomic mass is 35.5. The number of nitrogens with one attached hydrogen (secondary N) is 1. The van der Waals surface area contributed by atoms with Crippen molar-refractivity contribution in [2.45, 2.75) is 25.5 Å². The molecule has 14 heavy (non-hydrogen) atoms. The van der Waals surface area contributed by atoms with Crippen molar-refractivity contribution in [2.75, 3.05) is 13.7 Å². The molecule has 82 valence electrons. The second-order valence-electron chi connectivity index (χ2n) is 2.84. The van der Waals surface area contributed by atoms with E-state index in [0.717, 1.165) is 0 Å². The van der Waals surface area contributed by atoms with Crippen molar-refractivity contribution in [2.24, 2.45) is 0 Å². The third-order valence-corrected chi connectivity index (χ3v) is 1.59. The molecule has 0 saturated carbocycles. The van der Waals surface area contributed by atoms with Gasteiger partial charge in [-0.3, -0.25) is 9.59 Å². The SMILES string of the molecule is CC(=O)Cl.COC(=O)[C@@H]1C[C@@H](O)CN1. The van der Waals surface area contributed by atoms with Crippen LogP contribution in [-0.4, -0.2) is 42.1 Å². The molecule has 0 aromatic carbocycles. The van der Waals surface area contributed by atoms with Crippen molar-refractivity contribution in [3.05, 3.63) is 0 Å². The van der Waals surface area contributed by atoms with Gasteiger partial charge in [-0.2, -0.15) is 0 Å². The summed E-state index contributed by atoms with van der Waals surface area (Å²) in [6, 6.07) is -0.306. The second kappa shape index (κ2) is 6.75. The van der Waals surface area contributed by atoms with Gasteiger partial charge in [-0.25, -0.2) is 0 Å². The molecule has 1 rings (SSSR count). The largest absolute Gasteiger partial charge is 0.468 e. The Bertz CT molecular complexity index is 206. The van der Waals surface area contributed by atoms with Crippen LogP contribution in [0.25, 0.3) is 0 Å². The molecule has 1 fully saturated rings. The molecule has 0 aromatic heterocycles. The lowest BCUT2D eigenvalue weighted by atomic mass is 10.2. The number of carbonyl (C=O) groups is 2. The van der Waals surface area contributed by atoms with Crippen LogP contribution in [0.15, 0.2) is 0 Å². The predicted molar refractivity (Wildman–Crippen MR) is 51.0 cm³/mol. The van der Waals surface area contributed by atoms with Gasteiger partial charge in [0.1, 0.15) is 6.04 Å². The van der Waals surface area contributed by atoms with E-state index in [1.807, 2.05) is 0 Å². The molecule has 5 nitrogen and oxygen atoms in total. The number of halogens is 1. The Labute approximate surface area is 87.4 Å². The summed E-state index contributed by atoms with van der Waals surface area (Å²) in [6.07, 6.45) is 0.0660. The summed E-state index contributed by atoms with van der Waals surface area (Å²) in [7, 11) is 1.34. The molecule has 0 unspecified atom stereocenters. The molecule has 1 heterocycles. The molecular formula is C8H14ClNO4. The number of hydrogen-bond acceptors (Lipinski definition) is 5. The lowest BCUT2D eigenvalue weighted by Crippen LogP contribution is -2.31. The average Bonchev–Trinajstić information content (AvgIpc) is 2.49. The molecule has 1 aliphatic rings. The van der Waals surface area contributed by atoms with Crippen LogP contribution in [0.5, 0.6) is 0 Å². The first-order chi connectivity index (χ1) is 6.47. The molecule has 2 N–H and O–H groups in total. The average molecular weight is 224 g/mol. The zero-order valence-electron chi connectivity index (χ0n) is 8.12. The highest BCUT2D eigenvalue weighted by Crippen LogP contribution is 2.06. The standard InChI is InChI=1S/C6H11NO3.C2H3ClO/c1-10-6(9)5-2-4(8)3-7-5;1-2(3)4/h4-5,7-8H,2-3H2,1H3;1H3/t4-,5+;/m1./s1. The third kappa shape index (κ3) is 5.90. The summed E-state index contributed by atoms with van der Waals surface area (Å²) in [5.41, 5.74) is 0. The summed E-state index contributed by atoms with van der Waals surface area (Å²) in [5, 5.41) is 11.4. The van der Waals surface area contributed by atoms with Gasteiger partial charge in [0.15, 0.2) is 0 Å². The van der Waals surface area contributed by atoms with Crippen molar-refractivity contribution < 1.29 is 19.4 Å². The van der Waals surface area contributed by atoms with Crippen LogP contribution in [0.3, 0.4) is 0 Å². The number of carbonyl (C=O) groups excluding carboxylic acids is 2. The van der Waals surface area contributed by atoms with Crippen LogP contribution < -0.4 is 5.32 Å². The van der Waals surface area contributed by atoms with E-state index in [2.05, 4.69) is 21.7 Å². The van der Waals surface area contributed by atoms with Crippen LogP contribution in [-0.2, 0) is 14.3 Å². The lowest BCUT2D eigenvalue weighted by molar-refractivity contribution is -0.142.